The van der Waals surface area contributed by atoms with Gasteiger partial charge in [-0.05, 0) is 40.5 Å². The molecule has 0 radical (unpaired) electrons. The molecule has 98 valence electrons. The predicted molar refractivity (Wildman–Crippen MR) is 72.4 cm³/mol. The molecule has 0 fully saturated rings. The summed E-state index contributed by atoms with van der Waals surface area (Å²) in [6.07, 6.45) is 1.08. The summed E-state index contributed by atoms with van der Waals surface area (Å²) in [6.45, 7) is 1.86. The van der Waals surface area contributed by atoms with Gasteiger partial charge in [-0.2, -0.15) is 0 Å². The van der Waals surface area contributed by atoms with Crippen molar-refractivity contribution >= 4 is 33.5 Å². The molecule has 1 aromatic rings. The van der Waals surface area contributed by atoms with Gasteiger partial charge in [0.05, 0.1) is 0 Å². The van der Waals surface area contributed by atoms with Crippen LogP contribution in [0.3, 0.4) is 0 Å². The number of carboxylic acids is 1. The van der Waals surface area contributed by atoms with E-state index in [4.69, 9.17) is 10.8 Å². The molecule has 0 aliphatic rings. The van der Waals surface area contributed by atoms with Crippen LogP contribution in [0.25, 0.3) is 0 Å². The third-order valence-electron chi connectivity index (χ3n) is 2.44. The number of rotatable bonds is 5. The lowest BCUT2D eigenvalue weighted by atomic mass is 10.1. The maximum Gasteiger partial charge on any atom is 0.326 e. The average molecular weight is 315 g/mol. The molecule has 0 aliphatic carbocycles. The number of benzene rings is 1. The van der Waals surface area contributed by atoms with Crippen LogP contribution in [-0.4, -0.2) is 23.0 Å². The third-order valence-corrected chi connectivity index (χ3v) is 3.16. The average Bonchev–Trinajstić information content (AvgIpc) is 2.31. The van der Waals surface area contributed by atoms with Crippen molar-refractivity contribution < 1.29 is 14.7 Å². The highest BCUT2D eigenvalue weighted by Gasteiger charge is 2.19. The summed E-state index contributed by atoms with van der Waals surface area (Å²) in [6, 6.07) is 3.87. The number of hydrogen-bond acceptors (Lipinski definition) is 3. The quantitative estimate of drug-likeness (QED) is 0.725. The van der Waals surface area contributed by atoms with Gasteiger partial charge < -0.3 is 16.2 Å². The summed E-state index contributed by atoms with van der Waals surface area (Å²) in [4.78, 5) is 22.8. The highest BCUT2D eigenvalue weighted by molar-refractivity contribution is 9.10. The highest BCUT2D eigenvalue weighted by atomic mass is 79.9. The molecule has 1 aromatic carbocycles. The highest BCUT2D eigenvalue weighted by Crippen LogP contribution is 2.20. The Bertz CT molecular complexity index is 463. The molecule has 1 atom stereocenters. The Balaban J connectivity index is 2.80. The van der Waals surface area contributed by atoms with E-state index in [2.05, 4.69) is 21.2 Å². The smallest absolute Gasteiger partial charge is 0.326 e. The maximum atomic E-state index is 11.9. The standard InChI is InChI=1S/C12H15BrN2O3/c1-2-3-10(12(17)18)15-11(16)7-4-5-8(13)9(14)6-7/h4-6,10H,2-3,14H2,1H3,(H,15,16)(H,17,18). The van der Waals surface area contributed by atoms with Crippen molar-refractivity contribution in [3.63, 3.8) is 0 Å². The largest absolute Gasteiger partial charge is 0.480 e. The van der Waals surface area contributed by atoms with E-state index in [-0.39, 0.29) is 0 Å². The molecule has 4 N–H and O–H groups in total. The summed E-state index contributed by atoms with van der Waals surface area (Å²) >= 11 is 3.23. The summed E-state index contributed by atoms with van der Waals surface area (Å²) in [7, 11) is 0. The molecule has 0 saturated heterocycles. The maximum absolute atomic E-state index is 11.9. The molecule has 0 aliphatic heterocycles. The first kappa shape index (κ1) is 14.5. The van der Waals surface area contributed by atoms with E-state index in [0.29, 0.717) is 28.6 Å². The number of nitrogen functional groups attached to an aromatic ring is 1. The molecule has 6 heteroatoms. The summed E-state index contributed by atoms with van der Waals surface area (Å²) in [5, 5.41) is 11.4. The lowest BCUT2D eigenvalue weighted by Gasteiger charge is -2.13. The van der Waals surface area contributed by atoms with Gasteiger partial charge >= 0.3 is 5.97 Å². The number of hydrogen-bond donors (Lipinski definition) is 3. The lowest BCUT2D eigenvalue weighted by molar-refractivity contribution is -0.139. The number of carbonyl (C=O) groups is 2. The molecule has 18 heavy (non-hydrogen) atoms. The number of aliphatic carboxylic acids is 1. The van der Waals surface area contributed by atoms with E-state index in [1.165, 1.54) is 6.07 Å². The van der Waals surface area contributed by atoms with Gasteiger partial charge in [0.25, 0.3) is 5.91 Å². The van der Waals surface area contributed by atoms with Crippen LogP contribution in [0.15, 0.2) is 22.7 Å². The third kappa shape index (κ3) is 3.73. The van der Waals surface area contributed by atoms with Gasteiger partial charge in [0.2, 0.25) is 0 Å². The summed E-state index contributed by atoms with van der Waals surface area (Å²) in [5.41, 5.74) is 6.45. The molecule has 5 nitrogen and oxygen atoms in total. The van der Waals surface area contributed by atoms with Crippen molar-refractivity contribution in [3.05, 3.63) is 28.2 Å². The Morgan fingerprint density at radius 2 is 2.17 bits per heavy atom. The number of halogens is 1. The first-order chi connectivity index (χ1) is 8.45. The van der Waals surface area contributed by atoms with Gasteiger partial charge in [-0.25, -0.2) is 4.79 Å². The van der Waals surface area contributed by atoms with Crippen molar-refractivity contribution in [2.45, 2.75) is 25.8 Å². The van der Waals surface area contributed by atoms with Crippen LogP contribution in [0.1, 0.15) is 30.1 Å². The Hall–Kier alpha value is -1.56. The SMILES string of the molecule is CCCC(NC(=O)c1ccc(Br)c(N)c1)C(=O)O. The first-order valence-corrected chi connectivity index (χ1v) is 6.33. The minimum absolute atomic E-state index is 0.345. The molecular formula is C12H15BrN2O3. The van der Waals surface area contributed by atoms with Gasteiger partial charge in [0, 0.05) is 15.7 Å². The summed E-state index contributed by atoms with van der Waals surface area (Å²) in [5.74, 6) is -1.47. The number of nitrogens with one attached hydrogen (secondary N) is 1. The minimum Gasteiger partial charge on any atom is -0.480 e. The molecule has 1 unspecified atom stereocenters. The van der Waals surface area contributed by atoms with E-state index in [1.807, 2.05) is 6.92 Å². The van der Waals surface area contributed by atoms with Crippen molar-refractivity contribution in [1.29, 1.82) is 0 Å². The fourth-order valence-electron chi connectivity index (χ4n) is 1.47. The molecule has 0 spiro atoms. The number of amides is 1. The van der Waals surface area contributed by atoms with E-state index < -0.39 is 17.9 Å². The second-order valence-corrected chi connectivity index (χ2v) is 4.74. The van der Waals surface area contributed by atoms with Crippen LogP contribution in [0.4, 0.5) is 5.69 Å². The Kier molecular flexibility index (Phi) is 5.15. The zero-order chi connectivity index (χ0) is 13.7. The van der Waals surface area contributed by atoms with E-state index >= 15 is 0 Å². The topological polar surface area (TPSA) is 92.4 Å². The van der Waals surface area contributed by atoms with Gasteiger partial charge in [-0.3, -0.25) is 4.79 Å². The van der Waals surface area contributed by atoms with Gasteiger partial charge in [0.1, 0.15) is 6.04 Å². The van der Waals surface area contributed by atoms with Crippen molar-refractivity contribution in [3.8, 4) is 0 Å². The molecule has 0 aromatic heterocycles. The molecule has 0 bridgehead atoms. The number of anilines is 1. The number of carbonyl (C=O) groups excluding carboxylic acids is 1. The second kappa shape index (κ2) is 6.39. The fraction of sp³-hybridized carbons (Fsp3) is 0.333. The van der Waals surface area contributed by atoms with E-state index in [0.717, 1.165) is 0 Å². The fourth-order valence-corrected chi connectivity index (χ4v) is 1.72. The second-order valence-electron chi connectivity index (χ2n) is 3.89. The zero-order valence-corrected chi connectivity index (χ0v) is 11.5. The van der Waals surface area contributed by atoms with Crippen LogP contribution in [-0.2, 0) is 4.79 Å². The van der Waals surface area contributed by atoms with Crippen LogP contribution in [0.5, 0.6) is 0 Å². The number of carboxylic acid groups (broad SMARTS) is 1. The Labute approximate surface area is 113 Å². The lowest BCUT2D eigenvalue weighted by Crippen LogP contribution is -2.40. The Morgan fingerprint density at radius 3 is 2.67 bits per heavy atom. The van der Waals surface area contributed by atoms with E-state index in [1.54, 1.807) is 12.1 Å². The number of nitrogens with two attached hydrogens (primary N) is 1. The molecular weight excluding hydrogens is 300 g/mol. The zero-order valence-electron chi connectivity index (χ0n) is 9.94. The van der Waals surface area contributed by atoms with Crippen LogP contribution >= 0.6 is 15.9 Å². The molecule has 1 amide bonds. The van der Waals surface area contributed by atoms with Gasteiger partial charge in [-0.15, -0.1) is 0 Å². The van der Waals surface area contributed by atoms with Crippen molar-refractivity contribution in [1.82, 2.24) is 5.32 Å². The van der Waals surface area contributed by atoms with E-state index in [9.17, 15) is 9.59 Å². The Morgan fingerprint density at radius 1 is 1.50 bits per heavy atom. The molecule has 0 heterocycles. The van der Waals surface area contributed by atoms with Crippen molar-refractivity contribution in [2.75, 3.05) is 5.73 Å². The molecule has 0 saturated carbocycles. The van der Waals surface area contributed by atoms with Crippen LogP contribution < -0.4 is 11.1 Å². The summed E-state index contributed by atoms with van der Waals surface area (Å²) < 4.78 is 0.697. The van der Waals surface area contributed by atoms with Crippen LogP contribution in [0.2, 0.25) is 0 Å². The van der Waals surface area contributed by atoms with Gasteiger partial charge in [0.15, 0.2) is 0 Å². The molecule has 1 rings (SSSR count). The predicted octanol–water partition coefficient (Wildman–Crippen LogP) is 2.01. The normalized spacial score (nSPS) is 11.9. The van der Waals surface area contributed by atoms with Crippen LogP contribution in [0, 0.1) is 0 Å². The van der Waals surface area contributed by atoms with Gasteiger partial charge in [-0.1, -0.05) is 13.3 Å². The monoisotopic (exact) mass is 314 g/mol. The van der Waals surface area contributed by atoms with Crippen molar-refractivity contribution in [2.24, 2.45) is 0 Å². The minimum atomic E-state index is -1.03. The first-order valence-electron chi connectivity index (χ1n) is 5.54.